The molecular formula is C11H18FNO. The van der Waals surface area contributed by atoms with Crippen molar-refractivity contribution >= 4 is 5.78 Å². The predicted molar refractivity (Wildman–Crippen MR) is 54.7 cm³/mol. The largest absolute Gasteiger partial charge is 0.377 e. The lowest BCUT2D eigenvalue weighted by atomic mass is 10.0. The number of ketones is 1. The molecule has 1 aliphatic heterocycles. The molecule has 0 bridgehead atoms. The van der Waals surface area contributed by atoms with E-state index in [-0.39, 0.29) is 5.78 Å². The third-order valence-corrected chi connectivity index (χ3v) is 2.31. The molecule has 0 N–H and O–H groups in total. The molecule has 0 aromatic carbocycles. The Bertz CT molecular complexity index is 235. The van der Waals surface area contributed by atoms with E-state index in [0.29, 0.717) is 11.5 Å². The molecule has 0 amide bonds. The van der Waals surface area contributed by atoms with E-state index < -0.39 is 6.67 Å². The molecule has 0 saturated heterocycles. The number of hydrogen-bond donors (Lipinski definition) is 0. The molecule has 1 rings (SSSR count). The SMILES string of the molecule is CC(C)CN1C=C(C(=O)CF)CCC1. The minimum Gasteiger partial charge on any atom is -0.377 e. The lowest BCUT2D eigenvalue weighted by molar-refractivity contribution is -0.116. The van der Waals surface area contributed by atoms with E-state index >= 15 is 0 Å². The summed E-state index contributed by atoms with van der Waals surface area (Å²) in [6.07, 6.45) is 3.53. The van der Waals surface area contributed by atoms with Gasteiger partial charge < -0.3 is 4.90 Å². The first-order valence-electron chi connectivity index (χ1n) is 5.17. The van der Waals surface area contributed by atoms with Crippen molar-refractivity contribution in [1.29, 1.82) is 0 Å². The highest BCUT2D eigenvalue weighted by Gasteiger charge is 2.16. The highest BCUT2D eigenvalue weighted by molar-refractivity contribution is 5.96. The second-order valence-corrected chi connectivity index (χ2v) is 4.20. The smallest absolute Gasteiger partial charge is 0.191 e. The number of rotatable bonds is 4. The lowest BCUT2D eigenvalue weighted by Gasteiger charge is -2.27. The minimum absolute atomic E-state index is 0.349. The van der Waals surface area contributed by atoms with Crippen LogP contribution in [0, 0.1) is 5.92 Å². The van der Waals surface area contributed by atoms with Gasteiger partial charge in [0.1, 0.15) is 0 Å². The van der Waals surface area contributed by atoms with E-state index in [9.17, 15) is 9.18 Å². The topological polar surface area (TPSA) is 20.3 Å². The molecule has 2 nitrogen and oxygen atoms in total. The van der Waals surface area contributed by atoms with Gasteiger partial charge in [0.2, 0.25) is 0 Å². The molecule has 0 unspecified atom stereocenters. The first-order valence-corrected chi connectivity index (χ1v) is 5.17. The normalized spacial score (nSPS) is 17.1. The van der Waals surface area contributed by atoms with Gasteiger partial charge in [-0.3, -0.25) is 4.79 Å². The fraction of sp³-hybridized carbons (Fsp3) is 0.727. The van der Waals surface area contributed by atoms with E-state index in [1.807, 2.05) is 6.20 Å². The molecule has 1 heterocycles. The maximum absolute atomic E-state index is 12.2. The first-order chi connectivity index (χ1) is 6.63. The number of alkyl halides is 1. The van der Waals surface area contributed by atoms with Gasteiger partial charge in [-0.25, -0.2) is 4.39 Å². The van der Waals surface area contributed by atoms with Crippen LogP contribution in [0.15, 0.2) is 11.8 Å². The van der Waals surface area contributed by atoms with Crippen molar-refractivity contribution in [2.24, 2.45) is 5.92 Å². The summed E-state index contributed by atoms with van der Waals surface area (Å²) >= 11 is 0. The molecule has 0 aromatic heterocycles. The van der Waals surface area contributed by atoms with Crippen molar-refractivity contribution in [2.45, 2.75) is 26.7 Å². The number of Topliss-reactive ketones (excluding diaryl/α,β-unsaturated/α-hetero) is 1. The van der Waals surface area contributed by atoms with Gasteiger partial charge in [-0.15, -0.1) is 0 Å². The van der Waals surface area contributed by atoms with Crippen LogP contribution in [0.25, 0.3) is 0 Å². The molecule has 0 aromatic rings. The number of hydrogen-bond acceptors (Lipinski definition) is 2. The standard InChI is InChI=1S/C11H18FNO/c1-9(2)7-13-5-3-4-10(8-13)11(14)6-12/h8-9H,3-7H2,1-2H3. The maximum atomic E-state index is 12.2. The van der Waals surface area contributed by atoms with Crippen LogP contribution >= 0.6 is 0 Å². The lowest BCUT2D eigenvalue weighted by Crippen LogP contribution is -2.28. The summed E-state index contributed by atoms with van der Waals surface area (Å²) in [6, 6.07) is 0. The van der Waals surface area contributed by atoms with Crippen molar-refractivity contribution in [2.75, 3.05) is 19.8 Å². The molecule has 0 spiro atoms. The van der Waals surface area contributed by atoms with Crippen molar-refractivity contribution in [3.8, 4) is 0 Å². The summed E-state index contributed by atoms with van der Waals surface area (Å²) in [5.41, 5.74) is 0.652. The molecule has 14 heavy (non-hydrogen) atoms. The van der Waals surface area contributed by atoms with Crippen molar-refractivity contribution < 1.29 is 9.18 Å². The minimum atomic E-state index is -0.860. The zero-order valence-electron chi connectivity index (χ0n) is 8.92. The summed E-state index contributed by atoms with van der Waals surface area (Å²) in [4.78, 5) is 13.3. The van der Waals surface area contributed by atoms with E-state index in [1.165, 1.54) is 0 Å². The third-order valence-electron chi connectivity index (χ3n) is 2.31. The number of halogens is 1. The first kappa shape index (κ1) is 11.2. The van der Waals surface area contributed by atoms with Gasteiger partial charge in [-0.2, -0.15) is 0 Å². The van der Waals surface area contributed by atoms with Gasteiger partial charge >= 0.3 is 0 Å². The fourth-order valence-electron chi connectivity index (χ4n) is 1.73. The summed E-state index contributed by atoms with van der Waals surface area (Å²) in [5.74, 6) is 0.226. The summed E-state index contributed by atoms with van der Waals surface area (Å²) < 4.78 is 12.2. The van der Waals surface area contributed by atoms with Crippen molar-refractivity contribution in [3.05, 3.63) is 11.8 Å². The van der Waals surface area contributed by atoms with E-state index in [2.05, 4.69) is 18.7 Å². The Morgan fingerprint density at radius 1 is 1.64 bits per heavy atom. The summed E-state index contributed by atoms with van der Waals surface area (Å²) in [5, 5.41) is 0. The molecule has 1 aliphatic rings. The Balaban J connectivity index is 2.59. The summed E-state index contributed by atoms with van der Waals surface area (Å²) in [7, 11) is 0. The van der Waals surface area contributed by atoms with Crippen LogP contribution in [0.2, 0.25) is 0 Å². The van der Waals surface area contributed by atoms with Gasteiger partial charge in [0.15, 0.2) is 12.5 Å². The van der Waals surface area contributed by atoms with Crippen LogP contribution in [0.1, 0.15) is 26.7 Å². The Morgan fingerprint density at radius 2 is 2.36 bits per heavy atom. The Morgan fingerprint density at radius 3 is 2.93 bits per heavy atom. The molecule has 3 heteroatoms. The van der Waals surface area contributed by atoms with E-state index in [0.717, 1.165) is 25.9 Å². The van der Waals surface area contributed by atoms with Gasteiger partial charge in [-0.05, 0) is 18.8 Å². The van der Waals surface area contributed by atoms with Crippen LogP contribution in [0.5, 0.6) is 0 Å². The van der Waals surface area contributed by atoms with Gasteiger partial charge in [0.25, 0.3) is 0 Å². The van der Waals surface area contributed by atoms with Gasteiger partial charge in [-0.1, -0.05) is 13.8 Å². The second-order valence-electron chi connectivity index (χ2n) is 4.20. The number of allylic oxidation sites excluding steroid dienone is 1. The molecule has 0 radical (unpaired) electrons. The zero-order valence-corrected chi connectivity index (χ0v) is 8.92. The number of carbonyl (C=O) groups excluding carboxylic acids is 1. The molecule has 0 fully saturated rings. The quantitative estimate of drug-likeness (QED) is 0.691. The van der Waals surface area contributed by atoms with Crippen LogP contribution in [0.4, 0.5) is 4.39 Å². The molecule has 0 atom stereocenters. The highest BCUT2D eigenvalue weighted by Crippen LogP contribution is 2.16. The van der Waals surface area contributed by atoms with Gasteiger partial charge in [0.05, 0.1) is 0 Å². The predicted octanol–water partition coefficient (Wildman–Crippen LogP) is 2.16. The zero-order chi connectivity index (χ0) is 10.6. The molecule has 0 aliphatic carbocycles. The van der Waals surface area contributed by atoms with Crippen molar-refractivity contribution in [1.82, 2.24) is 4.90 Å². The Kier molecular flexibility index (Phi) is 4.11. The van der Waals surface area contributed by atoms with E-state index in [1.54, 1.807) is 0 Å². The Labute approximate surface area is 84.8 Å². The van der Waals surface area contributed by atoms with Crippen LogP contribution in [0.3, 0.4) is 0 Å². The van der Waals surface area contributed by atoms with E-state index in [4.69, 9.17) is 0 Å². The second kappa shape index (κ2) is 5.13. The van der Waals surface area contributed by atoms with Crippen LogP contribution < -0.4 is 0 Å². The van der Waals surface area contributed by atoms with Crippen LogP contribution in [-0.2, 0) is 4.79 Å². The van der Waals surface area contributed by atoms with Gasteiger partial charge in [0, 0.05) is 24.9 Å². The molecule has 80 valence electrons. The summed E-state index contributed by atoms with van der Waals surface area (Å²) in [6.45, 7) is 5.35. The number of carbonyl (C=O) groups is 1. The molecule has 0 saturated carbocycles. The fourth-order valence-corrected chi connectivity index (χ4v) is 1.73. The number of nitrogens with zero attached hydrogens (tertiary/aromatic N) is 1. The Hall–Kier alpha value is -0.860. The highest BCUT2D eigenvalue weighted by atomic mass is 19.1. The van der Waals surface area contributed by atoms with Crippen molar-refractivity contribution in [3.63, 3.8) is 0 Å². The average Bonchev–Trinajstić information content (AvgIpc) is 2.16. The van der Waals surface area contributed by atoms with Crippen LogP contribution in [-0.4, -0.2) is 30.4 Å². The monoisotopic (exact) mass is 199 g/mol. The maximum Gasteiger partial charge on any atom is 0.191 e. The average molecular weight is 199 g/mol. The molecular weight excluding hydrogens is 181 g/mol. The third kappa shape index (κ3) is 3.13.